The van der Waals surface area contributed by atoms with Crippen LogP contribution in [0.3, 0.4) is 0 Å². The number of anilines is 1. The number of allylic oxidation sites excluding steroid dienone is 1. The Morgan fingerprint density at radius 3 is 2.61 bits per heavy atom. The lowest BCUT2D eigenvalue weighted by atomic mass is 9.95. The van der Waals surface area contributed by atoms with Crippen LogP contribution >= 0.6 is 11.8 Å². The lowest BCUT2D eigenvalue weighted by molar-refractivity contribution is -0.117. The molecule has 4 nitrogen and oxygen atoms in total. The van der Waals surface area contributed by atoms with Gasteiger partial charge in [0, 0.05) is 34.8 Å². The van der Waals surface area contributed by atoms with Gasteiger partial charge in [0.05, 0.1) is 0 Å². The average molecular weight is 433 g/mol. The van der Waals surface area contributed by atoms with Gasteiger partial charge in [-0.25, -0.2) is 4.98 Å². The molecule has 3 fully saturated rings. The molecule has 1 atom stereocenters. The number of pyridine rings is 1. The van der Waals surface area contributed by atoms with Gasteiger partial charge >= 0.3 is 0 Å². The minimum Gasteiger partial charge on any atom is -0.307 e. The van der Waals surface area contributed by atoms with E-state index in [0.29, 0.717) is 30.2 Å². The fourth-order valence-corrected chi connectivity index (χ4v) is 5.39. The second-order valence-corrected chi connectivity index (χ2v) is 10.5. The van der Waals surface area contributed by atoms with Gasteiger partial charge in [-0.2, -0.15) is 0 Å². The first-order chi connectivity index (χ1) is 15.0. The highest BCUT2D eigenvalue weighted by Gasteiger charge is 2.31. The first kappa shape index (κ1) is 20.5. The Morgan fingerprint density at radius 2 is 1.97 bits per heavy atom. The summed E-state index contributed by atoms with van der Waals surface area (Å²) >= 11 is 2.00. The summed E-state index contributed by atoms with van der Waals surface area (Å²) in [5, 5.41) is 3.73. The largest absolute Gasteiger partial charge is 0.307 e. The van der Waals surface area contributed by atoms with Crippen LogP contribution in [0, 0.1) is 12.8 Å². The highest BCUT2D eigenvalue weighted by atomic mass is 32.2. The van der Waals surface area contributed by atoms with E-state index >= 15 is 0 Å². The lowest BCUT2D eigenvalue weighted by Crippen LogP contribution is -2.16. The number of carbonyl (C=O) groups is 2. The number of rotatable bonds is 7. The van der Waals surface area contributed by atoms with Crippen LogP contribution in [0.1, 0.15) is 67.6 Å². The Kier molecular flexibility index (Phi) is 5.70. The third-order valence-electron chi connectivity index (χ3n) is 6.24. The van der Waals surface area contributed by atoms with Gasteiger partial charge in [0.15, 0.2) is 0 Å². The smallest absolute Gasteiger partial charge is 0.257 e. The maximum atomic E-state index is 13.3. The van der Waals surface area contributed by atoms with E-state index in [1.807, 2.05) is 36.9 Å². The van der Waals surface area contributed by atoms with Crippen LogP contribution in [-0.4, -0.2) is 21.9 Å². The predicted molar refractivity (Wildman–Crippen MR) is 125 cm³/mol. The molecule has 0 aliphatic heterocycles. The molecule has 5 rings (SSSR count). The van der Waals surface area contributed by atoms with Crippen molar-refractivity contribution in [3.8, 4) is 0 Å². The molecule has 5 heteroatoms. The molecule has 1 aromatic carbocycles. The number of carbonyl (C=O) groups excluding carboxylic acids is 2. The zero-order valence-electron chi connectivity index (χ0n) is 17.9. The molecule has 0 unspecified atom stereocenters. The number of aryl methyl sites for hydroxylation is 1. The van der Waals surface area contributed by atoms with Gasteiger partial charge in [0.2, 0.25) is 0 Å². The molecular formula is C26H28N2O2S. The van der Waals surface area contributed by atoms with E-state index in [9.17, 15) is 9.59 Å². The summed E-state index contributed by atoms with van der Waals surface area (Å²) in [5.41, 5.74) is 4.05. The van der Waals surface area contributed by atoms with Crippen molar-refractivity contribution in [2.24, 2.45) is 5.92 Å². The summed E-state index contributed by atoms with van der Waals surface area (Å²) in [5.74, 6) is 1.44. The quantitative estimate of drug-likeness (QED) is 0.552. The van der Waals surface area contributed by atoms with E-state index in [-0.39, 0.29) is 17.6 Å². The van der Waals surface area contributed by atoms with Gasteiger partial charge in [-0.3, -0.25) is 9.59 Å². The standard InChI is InChI=1S/C26H28N2O2S/c1-16-2-11-25(27-15-16)28-26(30)23(13-17-3-7-20(29)12-17)19-6-10-24(31-21-8-9-21)22(14-19)18-4-5-18/h2,6,10-11,13-15,17-18,21H,3-5,7-9,12H2,1H3,(H,27,28,30)/b23-13+/t17-/m0/s1. The molecule has 3 aliphatic carbocycles. The van der Waals surface area contributed by atoms with Crippen LogP contribution in [0.2, 0.25) is 0 Å². The molecule has 0 spiro atoms. The maximum Gasteiger partial charge on any atom is 0.257 e. The topological polar surface area (TPSA) is 59.1 Å². The number of aromatic nitrogens is 1. The summed E-state index contributed by atoms with van der Waals surface area (Å²) in [7, 11) is 0. The van der Waals surface area contributed by atoms with Crippen molar-refractivity contribution in [1.82, 2.24) is 4.98 Å². The molecule has 3 saturated carbocycles. The number of hydrogen-bond acceptors (Lipinski definition) is 4. The number of amides is 1. The summed E-state index contributed by atoms with van der Waals surface area (Å²) in [6.07, 6.45) is 10.8. The normalized spacial score (nSPS) is 21.4. The van der Waals surface area contributed by atoms with E-state index in [2.05, 4.69) is 28.5 Å². The van der Waals surface area contributed by atoms with Crippen LogP contribution in [0.15, 0.2) is 47.5 Å². The zero-order chi connectivity index (χ0) is 21.4. The molecule has 2 aromatic rings. The van der Waals surface area contributed by atoms with Crippen LogP contribution in [0.25, 0.3) is 5.57 Å². The molecule has 1 N–H and O–H groups in total. The predicted octanol–water partition coefficient (Wildman–Crippen LogP) is 5.91. The average Bonchev–Trinajstić information content (AvgIpc) is 3.68. The van der Waals surface area contributed by atoms with E-state index in [1.54, 1.807) is 6.20 Å². The van der Waals surface area contributed by atoms with Gasteiger partial charge in [0.25, 0.3) is 5.91 Å². The van der Waals surface area contributed by atoms with E-state index in [4.69, 9.17) is 0 Å². The number of Topliss-reactive ketones (excluding diaryl/α,β-unsaturated/α-hetero) is 1. The summed E-state index contributed by atoms with van der Waals surface area (Å²) in [6, 6.07) is 10.3. The third-order valence-corrected chi connectivity index (χ3v) is 7.67. The van der Waals surface area contributed by atoms with Crippen LogP contribution in [0.4, 0.5) is 5.82 Å². The Balaban J connectivity index is 1.46. The van der Waals surface area contributed by atoms with Gasteiger partial charge in [-0.15, -0.1) is 11.8 Å². The van der Waals surface area contributed by atoms with E-state index < -0.39 is 0 Å². The number of nitrogens with one attached hydrogen (secondary N) is 1. The van der Waals surface area contributed by atoms with E-state index in [1.165, 1.54) is 36.1 Å². The zero-order valence-corrected chi connectivity index (χ0v) is 18.7. The first-order valence-corrected chi connectivity index (χ1v) is 12.2. The molecular weight excluding hydrogens is 404 g/mol. The van der Waals surface area contributed by atoms with Gasteiger partial charge in [-0.1, -0.05) is 18.2 Å². The Morgan fingerprint density at radius 1 is 1.13 bits per heavy atom. The molecule has 3 aliphatic rings. The number of hydrogen-bond donors (Lipinski definition) is 1. The highest BCUT2D eigenvalue weighted by Crippen LogP contribution is 2.48. The van der Waals surface area contributed by atoms with Gasteiger partial charge in [-0.05, 0) is 85.8 Å². The Labute approximate surface area is 187 Å². The van der Waals surface area contributed by atoms with Crippen LogP contribution < -0.4 is 5.32 Å². The molecule has 1 heterocycles. The number of benzene rings is 1. The highest BCUT2D eigenvalue weighted by molar-refractivity contribution is 8.00. The fraction of sp³-hybridized carbons (Fsp3) is 0.423. The molecule has 31 heavy (non-hydrogen) atoms. The maximum absolute atomic E-state index is 13.3. The SMILES string of the molecule is Cc1ccc(NC(=O)/C(=C/[C@H]2CCC(=O)C2)c2ccc(SC3CC3)c(C3CC3)c2)nc1. The van der Waals surface area contributed by atoms with E-state index in [0.717, 1.165) is 22.8 Å². The van der Waals surface area contributed by atoms with Crippen molar-refractivity contribution in [2.75, 3.05) is 5.32 Å². The summed E-state index contributed by atoms with van der Waals surface area (Å²) < 4.78 is 0. The Bertz CT molecular complexity index is 1040. The van der Waals surface area contributed by atoms with Crippen molar-refractivity contribution in [3.63, 3.8) is 0 Å². The number of ketones is 1. The molecule has 160 valence electrons. The van der Waals surface area contributed by atoms with Crippen LogP contribution in [-0.2, 0) is 9.59 Å². The summed E-state index contributed by atoms with van der Waals surface area (Å²) in [6.45, 7) is 1.97. The van der Waals surface area contributed by atoms with Crippen molar-refractivity contribution in [2.45, 2.75) is 67.9 Å². The fourth-order valence-electron chi connectivity index (χ4n) is 4.15. The molecule has 0 saturated heterocycles. The van der Waals surface area contributed by atoms with Crippen LogP contribution in [0.5, 0.6) is 0 Å². The molecule has 1 aromatic heterocycles. The van der Waals surface area contributed by atoms with Gasteiger partial charge in [0.1, 0.15) is 11.6 Å². The second kappa shape index (κ2) is 8.62. The second-order valence-electron chi connectivity index (χ2n) is 9.14. The molecule has 0 radical (unpaired) electrons. The minimum atomic E-state index is -0.153. The molecule has 0 bridgehead atoms. The van der Waals surface area contributed by atoms with Crippen molar-refractivity contribution >= 4 is 34.8 Å². The first-order valence-electron chi connectivity index (χ1n) is 11.3. The Hall–Kier alpha value is -2.40. The van der Waals surface area contributed by atoms with Gasteiger partial charge < -0.3 is 5.32 Å². The van der Waals surface area contributed by atoms with Crippen molar-refractivity contribution in [3.05, 3.63) is 59.3 Å². The lowest BCUT2D eigenvalue weighted by Gasteiger charge is -2.15. The van der Waals surface area contributed by atoms with Crippen molar-refractivity contribution < 1.29 is 9.59 Å². The van der Waals surface area contributed by atoms with Crippen molar-refractivity contribution in [1.29, 1.82) is 0 Å². The molecule has 1 amide bonds. The number of nitrogens with zero attached hydrogens (tertiary/aromatic N) is 1. The number of thioether (sulfide) groups is 1. The summed E-state index contributed by atoms with van der Waals surface area (Å²) in [4.78, 5) is 30.9. The minimum absolute atomic E-state index is 0.129. The third kappa shape index (κ3) is 5.09. The monoisotopic (exact) mass is 432 g/mol.